The van der Waals surface area contributed by atoms with Crippen molar-refractivity contribution in [1.29, 1.82) is 0 Å². The van der Waals surface area contributed by atoms with E-state index in [0.717, 1.165) is 17.0 Å². The number of amides is 3. The molecule has 3 amide bonds. The normalized spacial score (nSPS) is 19.5. The maximum atomic E-state index is 13.2. The first kappa shape index (κ1) is 20.3. The van der Waals surface area contributed by atoms with Crippen molar-refractivity contribution in [3.8, 4) is 0 Å². The zero-order chi connectivity index (χ0) is 22.1. The molecule has 2 aliphatic rings. The average molecular weight is 423 g/mol. The molecule has 2 heterocycles. The Balaban J connectivity index is 1.65. The number of ether oxygens (including phenoxy) is 1. The SMILES string of the molecule is COC(=O)C(CC1CC(=O)N(c2ccc(F)cc2)C1=O)=C1Nc2ccccc2NC1=O. The van der Waals surface area contributed by atoms with Crippen LogP contribution in [0.25, 0.3) is 0 Å². The lowest BCUT2D eigenvalue weighted by atomic mass is 9.95. The van der Waals surface area contributed by atoms with Crippen molar-refractivity contribution in [1.82, 2.24) is 0 Å². The molecule has 0 radical (unpaired) electrons. The van der Waals surface area contributed by atoms with E-state index in [4.69, 9.17) is 4.74 Å². The van der Waals surface area contributed by atoms with Crippen LogP contribution in [0.5, 0.6) is 0 Å². The van der Waals surface area contributed by atoms with Gasteiger partial charge in [0.1, 0.15) is 11.5 Å². The van der Waals surface area contributed by atoms with Gasteiger partial charge in [-0.05, 0) is 42.8 Å². The Morgan fingerprint density at radius 2 is 1.71 bits per heavy atom. The molecule has 9 heteroatoms. The number of methoxy groups -OCH3 is 1. The number of carbonyl (C=O) groups excluding carboxylic acids is 4. The number of carbonyl (C=O) groups is 4. The second-order valence-corrected chi connectivity index (χ2v) is 7.12. The first-order chi connectivity index (χ1) is 14.9. The van der Waals surface area contributed by atoms with Crippen molar-refractivity contribution in [3.63, 3.8) is 0 Å². The van der Waals surface area contributed by atoms with Gasteiger partial charge < -0.3 is 15.4 Å². The van der Waals surface area contributed by atoms with Gasteiger partial charge in [-0.25, -0.2) is 9.18 Å². The van der Waals surface area contributed by atoms with E-state index >= 15 is 0 Å². The van der Waals surface area contributed by atoms with Gasteiger partial charge in [0.25, 0.3) is 5.91 Å². The maximum absolute atomic E-state index is 13.2. The summed E-state index contributed by atoms with van der Waals surface area (Å²) in [4.78, 5) is 51.5. The molecule has 0 saturated carbocycles. The van der Waals surface area contributed by atoms with Crippen LogP contribution in [0.15, 0.2) is 59.8 Å². The molecule has 4 rings (SSSR count). The zero-order valence-electron chi connectivity index (χ0n) is 16.5. The molecule has 8 nitrogen and oxygen atoms in total. The van der Waals surface area contributed by atoms with Crippen LogP contribution in [-0.2, 0) is 23.9 Å². The minimum atomic E-state index is -0.870. The van der Waals surface area contributed by atoms with Crippen LogP contribution >= 0.6 is 0 Å². The molecule has 0 aliphatic carbocycles. The van der Waals surface area contributed by atoms with Gasteiger partial charge in [-0.15, -0.1) is 0 Å². The minimum Gasteiger partial charge on any atom is -0.466 e. The van der Waals surface area contributed by atoms with Gasteiger partial charge in [0.2, 0.25) is 11.8 Å². The Morgan fingerprint density at radius 1 is 1.06 bits per heavy atom. The molecule has 2 aromatic rings. The highest BCUT2D eigenvalue weighted by molar-refractivity contribution is 6.21. The Bertz CT molecular complexity index is 1130. The molecule has 31 heavy (non-hydrogen) atoms. The fourth-order valence-corrected chi connectivity index (χ4v) is 3.66. The number of hydrogen-bond acceptors (Lipinski definition) is 6. The topological polar surface area (TPSA) is 105 Å². The highest BCUT2D eigenvalue weighted by atomic mass is 19.1. The van der Waals surface area contributed by atoms with Gasteiger partial charge in [0.05, 0.1) is 35.7 Å². The fourth-order valence-electron chi connectivity index (χ4n) is 3.66. The van der Waals surface area contributed by atoms with Gasteiger partial charge in [0.15, 0.2) is 0 Å². The van der Waals surface area contributed by atoms with E-state index in [0.29, 0.717) is 11.4 Å². The van der Waals surface area contributed by atoms with Crippen molar-refractivity contribution in [3.05, 3.63) is 65.6 Å². The van der Waals surface area contributed by atoms with Crippen LogP contribution in [-0.4, -0.2) is 30.8 Å². The Labute approximate surface area is 176 Å². The third kappa shape index (κ3) is 3.77. The summed E-state index contributed by atoms with van der Waals surface area (Å²) in [6.45, 7) is 0. The van der Waals surface area contributed by atoms with E-state index in [-0.39, 0.29) is 29.8 Å². The van der Waals surface area contributed by atoms with Crippen LogP contribution in [0.1, 0.15) is 12.8 Å². The molecule has 0 bridgehead atoms. The highest BCUT2D eigenvalue weighted by Crippen LogP contribution is 2.34. The number of esters is 1. The van der Waals surface area contributed by atoms with Crippen molar-refractivity contribution in [2.75, 3.05) is 22.6 Å². The van der Waals surface area contributed by atoms with Gasteiger partial charge in [-0.3, -0.25) is 19.3 Å². The lowest BCUT2D eigenvalue weighted by Crippen LogP contribution is -2.32. The van der Waals surface area contributed by atoms with Gasteiger partial charge in [-0.1, -0.05) is 12.1 Å². The summed E-state index contributed by atoms with van der Waals surface area (Å²) in [5, 5.41) is 5.62. The molecule has 158 valence electrons. The van der Waals surface area contributed by atoms with Crippen LogP contribution in [0, 0.1) is 11.7 Å². The standard InChI is InChI=1S/C22H18FN3O5/c1-31-22(30)15(19-20(28)25-17-5-3-2-4-16(17)24-19)10-12-11-18(27)26(21(12)29)14-8-6-13(23)7-9-14/h2-9,12,24H,10-11H2,1H3,(H,25,28). The summed E-state index contributed by atoms with van der Waals surface area (Å²) < 4.78 is 18.0. The molecule has 0 aromatic heterocycles. The van der Waals surface area contributed by atoms with Crippen molar-refractivity contribution >= 4 is 40.8 Å². The first-order valence-electron chi connectivity index (χ1n) is 9.50. The molecule has 1 unspecified atom stereocenters. The van der Waals surface area contributed by atoms with Crippen molar-refractivity contribution in [2.24, 2.45) is 5.92 Å². The molecular formula is C22H18FN3O5. The Hall–Kier alpha value is -4.01. The minimum absolute atomic E-state index is 0.0361. The fraction of sp³-hybridized carbons (Fsp3) is 0.182. The Morgan fingerprint density at radius 3 is 2.35 bits per heavy atom. The second kappa shape index (κ2) is 8.02. The molecule has 2 N–H and O–H groups in total. The lowest BCUT2D eigenvalue weighted by Gasteiger charge is -2.23. The van der Waals surface area contributed by atoms with Crippen LogP contribution in [0.3, 0.4) is 0 Å². The number of anilines is 3. The van der Waals surface area contributed by atoms with Gasteiger partial charge in [-0.2, -0.15) is 0 Å². The second-order valence-electron chi connectivity index (χ2n) is 7.12. The summed E-state index contributed by atoms with van der Waals surface area (Å²) in [6, 6.07) is 11.9. The number of halogens is 1. The van der Waals surface area contributed by atoms with E-state index in [1.807, 2.05) is 0 Å². The molecule has 0 spiro atoms. The smallest absolute Gasteiger partial charge is 0.336 e. The molecule has 1 saturated heterocycles. The summed E-state index contributed by atoms with van der Waals surface area (Å²) >= 11 is 0. The number of hydrogen-bond donors (Lipinski definition) is 2. The molecule has 1 fully saturated rings. The monoisotopic (exact) mass is 423 g/mol. The zero-order valence-corrected chi connectivity index (χ0v) is 16.5. The van der Waals surface area contributed by atoms with Crippen molar-refractivity contribution < 1.29 is 28.3 Å². The summed E-state index contributed by atoms with van der Waals surface area (Å²) in [7, 11) is 1.17. The number of imide groups is 1. The van der Waals surface area contributed by atoms with Gasteiger partial charge in [0, 0.05) is 6.42 Å². The highest BCUT2D eigenvalue weighted by Gasteiger charge is 2.41. The summed E-state index contributed by atoms with van der Waals surface area (Å²) in [5.74, 6) is -3.70. The quantitative estimate of drug-likeness (QED) is 0.445. The number of para-hydroxylation sites is 2. The summed E-state index contributed by atoms with van der Waals surface area (Å²) in [5.41, 5.74) is 1.30. The average Bonchev–Trinajstić information content (AvgIpc) is 3.04. The van der Waals surface area contributed by atoms with Crippen molar-refractivity contribution in [2.45, 2.75) is 12.8 Å². The number of benzene rings is 2. The van der Waals surface area contributed by atoms with E-state index in [2.05, 4.69) is 10.6 Å². The maximum Gasteiger partial charge on any atom is 0.336 e. The molecule has 2 aliphatic heterocycles. The van der Waals surface area contributed by atoms with E-state index < -0.39 is 35.4 Å². The molecule has 2 aromatic carbocycles. The Kier molecular flexibility index (Phi) is 5.24. The number of nitrogens with one attached hydrogen (secondary N) is 2. The van der Waals surface area contributed by atoms with Crippen LogP contribution in [0.2, 0.25) is 0 Å². The van der Waals surface area contributed by atoms with Crippen LogP contribution < -0.4 is 15.5 Å². The van der Waals surface area contributed by atoms with E-state index in [1.165, 1.54) is 19.2 Å². The predicted molar refractivity (Wildman–Crippen MR) is 109 cm³/mol. The van der Waals surface area contributed by atoms with E-state index in [9.17, 15) is 23.6 Å². The lowest BCUT2D eigenvalue weighted by molar-refractivity contribution is -0.136. The largest absolute Gasteiger partial charge is 0.466 e. The number of rotatable bonds is 4. The number of nitrogens with zero attached hydrogens (tertiary/aromatic N) is 1. The van der Waals surface area contributed by atoms with Crippen LogP contribution in [0.4, 0.5) is 21.5 Å². The van der Waals surface area contributed by atoms with E-state index in [1.54, 1.807) is 24.3 Å². The summed E-state index contributed by atoms with van der Waals surface area (Å²) in [6.07, 6.45) is -0.324. The number of fused-ring (bicyclic) bond motifs is 1. The molecule has 1 atom stereocenters. The predicted octanol–water partition coefficient (Wildman–Crippen LogP) is 2.59. The molecular weight excluding hydrogens is 405 g/mol. The third-order valence-corrected chi connectivity index (χ3v) is 5.17. The van der Waals surface area contributed by atoms with Gasteiger partial charge >= 0.3 is 5.97 Å². The first-order valence-corrected chi connectivity index (χ1v) is 9.50. The third-order valence-electron chi connectivity index (χ3n) is 5.17.